The van der Waals surface area contributed by atoms with E-state index >= 15 is 0 Å². The van der Waals surface area contributed by atoms with E-state index < -0.39 is 5.97 Å². The van der Waals surface area contributed by atoms with Crippen LogP contribution in [0.15, 0.2) is 18.2 Å². The van der Waals surface area contributed by atoms with Crippen molar-refractivity contribution in [1.29, 1.82) is 0 Å². The number of hydrogen-bond acceptors (Lipinski definition) is 3. The molecule has 0 aliphatic carbocycles. The van der Waals surface area contributed by atoms with E-state index in [1.165, 1.54) is 13.2 Å². The summed E-state index contributed by atoms with van der Waals surface area (Å²) in [6.45, 7) is 1.83. The van der Waals surface area contributed by atoms with Gasteiger partial charge in [0.05, 0.1) is 7.11 Å². The molecule has 15 heavy (non-hydrogen) atoms. The van der Waals surface area contributed by atoms with Crippen molar-refractivity contribution >= 4 is 18.4 Å². The van der Waals surface area contributed by atoms with Crippen LogP contribution in [0.1, 0.15) is 28.9 Å². The molecule has 4 nitrogen and oxygen atoms in total. The fraction of sp³-hybridized carbons (Fsp3) is 0.300. The van der Waals surface area contributed by atoms with Gasteiger partial charge in [-0.2, -0.15) is 0 Å². The van der Waals surface area contributed by atoms with Crippen LogP contribution in [0.3, 0.4) is 0 Å². The van der Waals surface area contributed by atoms with Crippen molar-refractivity contribution in [3.8, 4) is 5.75 Å². The first kappa shape index (κ1) is 13.7. The SMILES string of the molecule is COc1cc([C@H](C)N)ccc1C(=O)O.Cl. The van der Waals surface area contributed by atoms with E-state index in [0.717, 1.165) is 5.56 Å². The number of halogens is 1. The molecule has 0 saturated carbocycles. The molecule has 0 aromatic heterocycles. The smallest absolute Gasteiger partial charge is 0.339 e. The summed E-state index contributed by atoms with van der Waals surface area (Å²) >= 11 is 0. The number of benzene rings is 1. The van der Waals surface area contributed by atoms with Gasteiger partial charge in [-0.3, -0.25) is 0 Å². The molecule has 1 rings (SSSR count). The molecule has 0 fully saturated rings. The minimum atomic E-state index is -1.00. The van der Waals surface area contributed by atoms with Crippen molar-refractivity contribution in [3.63, 3.8) is 0 Å². The van der Waals surface area contributed by atoms with Gasteiger partial charge in [-0.15, -0.1) is 12.4 Å². The van der Waals surface area contributed by atoms with Crippen LogP contribution in [0.2, 0.25) is 0 Å². The molecule has 3 N–H and O–H groups in total. The van der Waals surface area contributed by atoms with Crippen LogP contribution in [-0.2, 0) is 0 Å². The largest absolute Gasteiger partial charge is 0.496 e. The molecule has 1 atom stereocenters. The average molecular weight is 232 g/mol. The lowest BCUT2D eigenvalue weighted by Crippen LogP contribution is -2.07. The average Bonchev–Trinajstić information content (AvgIpc) is 2.16. The molecular weight excluding hydrogens is 218 g/mol. The molecule has 0 saturated heterocycles. The summed E-state index contributed by atoms with van der Waals surface area (Å²) in [6.07, 6.45) is 0. The second-order valence-electron chi connectivity index (χ2n) is 3.05. The Hall–Kier alpha value is -1.26. The monoisotopic (exact) mass is 231 g/mol. The first-order chi connectivity index (χ1) is 6.56. The lowest BCUT2D eigenvalue weighted by atomic mass is 10.1. The zero-order chi connectivity index (χ0) is 10.7. The van der Waals surface area contributed by atoms with Crippen LogP contribution in [0.5, 0.6) is 5.75 Å². The second-order valence-corrected chi connectivity index (χ2v) is 3.05. The third-order valence-corrected chi connectivity index (χ3v) is 1.98. The Bertz CT molecular complexity index is 353. The van der Waals surface area contributed by atoms with E-state index in [1.807, 2.05) is 6.92 Å². The molecule has 5 heteroatoms. The predicted molar refractivity (Wildman–Crippen MR) is 59.8 cm³/mol. The number of nitrogens with two attached hydrogens (primary N) is 1. The molecule has 1 aromatic rings. The van der Waals surface area contributed by atoms with Crippen molar-refractivity contribution in [2.75, 3.05) is 7.11 Å². The molecule has 0 aliphatic heterocycles. The number of aromatic carboxylic acids is 1. The van der Waals surface area contributed by atoms with Gasteiger partial charge in [-0.05, 0) is 24.6 Å². The summed E-state index contributed by atoms with van der Waals surface area (Å²) in [5.74, 6) is -0.662. The van der Waals surface area contributed by atoms with Crippen LogP contribution in [0.4, 0.5) is 0 Å². The summed E-state index contributed by atoms with van der Waals surface area (Å²) in [4.78, 5) is 10.8. The third-order valence-electron chi connectivity index (χ3n) is 1.98. The Labute approximate surface area is 94.5 Å². The highest BCUT2D eigenvalue weighted by Gasteiger charge is 2.12. The van der Waals surface area contributed by atoms with Crippen molar-refractivity contribution in [3.05, 3.63) is 29.3 Å². The van der Waals surface area contributed by atoms with E-state index in [9.17, 15) is 4.79 Å². The fourth-order valence-electron chi connectivity index (χ4n) is 1.17. The minimum absolute atomic E-state index is 0. The fourth-order valence-corrected chi connectivity index (χ4v) is 1.17. The van der Waals surface area contributed by atoms with E-state index in [1.54, 1.807) is 12.1 Å². The highest BCUT2D eigenvalue weighted by molar-refractivity contribution is 5.91. The Morgan fingerprint density at radius 2 is 2.13 bits per heavy atom. The van der Waals surface area contributed by atoms with E-state index in [0.29, 0.717) is 5.75 Å². The maximum absolute atomic E-state index is 10.8. The zero-order valence-electron chi connectivity index (χ0n) is 8.56. The quantitative estimate of drug-likeness (QED) is 0.833. The number of hydrogen-bond donors (Lipinski definition) is 2. The van der Waals surface area contributed by atoms with Gasteiger partial charge in [0, 0.05) is 6.04 Å². The predicted octanol–water partition coefficient (Wildman–Crippen LogP) is 1.83. The van der Waals surface area contributed by atoms with Gasteiger partial charge in [-0.1, -0.05) is 6.07 Å². The summed E-state index contributed by atoms with van der Waals surface area (Å²) < 4.78 is 4.96. The summed E-state index contributed by atoms with van der Waals surface area (Å²) in [5.41, 5.74) is 6.66. The highest BCUT2D eigenvalue weighted by Crippen LogP contribution is 2.22. The van der Waals surface area contributed by atoms with Gasteiger partial charge in [0.15, 0.2) is 0 Å². The molecular formula is C10H14ClNO3. The first-order valence-electron chi connectivity index (χ1n) is 4.23. The number of carboxylic acids is 1. The van der Waals surface area contributed by atoms with Gasteiger partial charge in [0.2, 0.25) is 0 Å². The minimum Gasteiger partial charge on any atom is -0.496 e. The van der Waals surface area contributed by atoms with Crippen molar-refractivity contribution in [2.45, 2.75) is 13.0 Å². The molecule has 0 amide bonds. The van der Waals surface area contributed by atoms with Crippen LogP contribution < -0.4 is 10.5 Å². The first-order valence-corrected chi connectivity index (χ1v) is 4.23. The summed E-state index contributed by atoms with van der Waals surface area (Å²) in [5, 5.41) is 8.82. The highest BCUT2D eigenvalue weighted by atomic mass is 35.5. The van der Waals surface area contributed by atoms with E-state index in [-0.39, 0.29) is 24.0 Å². The van der Waals surface area contributed by atoms with Gasteiger partial charge in [0.1, 0.15) is 11.3 Å². The van der Waals surface area contributed by atoms with E-state index in [2.05, 4.69) is 0 Å². The molecule has 0 radical (unpaired) electrons. The van der Waals surface area contributed by atoms with Crippen molar-refractivity contribution in [1.82, 2.24) is 0 Å². The second kappa shape index (κ2) is 5.58. The Morgan fingerprint density at radius 1 is 1.53 bits per heavy atom. The molecule has 0 unspecified atom stereocenters. The molecule has 0 aliphatic rings. The molecule has 0 spiro atoms. The van der Waals surface area contributed by atoms with Crippen LogP contribution in [0.25, 0.3) is 0 Å². The molecule has 0 bridgehead atoms. The lowest BCUT2D eigenvalue weighted by molar-refractivity contribution is 0.0693. The van der Waals surface area contributed by atoms with Crippen LogP contribution in [-0.4, -0.2) is 18.2 Å². The van der Waals surface area contributed by atoms with Gasteiger partial charge >= 0.3 is 5.97 Å². The summed E-state index contributed by atoms with van der Waals surface area (Å²) in [7, 11) is 1.44. The maximum atomic E-state index is 10.8. The Kier molecular flexibility index (Phi) is 5.11. The lowest BCUT2D eigenvalue weighted by Gasteiger charge is -2.09. The van der Waals surface area contributed by atoms with Crippen LogP contribution in [0, 0.1) is 0 Å². The number of methoxy groups -OCH3 is 1. The van der Waals surface area contributed by atoms with Gasteiger partial charge in [-0.25, -0.2) is 4.79 Å². The standard InChI is InChI=1S/C10H13NO3.ClH/c1-6(11)7-3-4-8(10(12)13)9(5-7)14-2;/h3-6H,11H2,1-2H3,(H,12,13);1H/t6-;/m0./s1. The number of rotatable bonds is 3. The Morgan fingerprint density at radius 3 is 2.53 bits per heavy atom. The van der Waals surface area contributed by atoms with Crippen molar-refractivity contribution in [2.24, 2.45) is 5.73 Å². The zero-order valence-corrected chi connectivity index (χ0v) is 9.38. The van der Waals surface area contributed by atoms with E-state index in [4.69, 9.17) is 15.6 Å². The number of ether oxygens (including phenoxy) is 1. The Balaban J connectivity index is 0.00000196. The topological polar surface area (TPSA) is 72.5 Å². The normalized spacial score (nSPS) is 11.4. The molecule has 1 aromatic carbocycles. The van der Waals surface area contributed by atoms with Crippen molar-refractivity contribution < 1.29 is 14.6 Å². The molecule has 84 valence electrons. The number of carbonyl (C=O) groups is 1. The molecule has 0 heterocycles. The number of carboxylic acid groups (broad SMARTS) is 1. The van der Waals surface area contributed by atoms with Gasteiger partial charge < -0.3 is 15.6 Å². The summed E-state index contributed by atoms with van der Waals surface area (Å²) in [6, 6.07) is 4.71. The maximum Gasteiger partial charge on any atom is 0.339 e. The third kappa shape index (κ3) is 3.11. The van der Waals surface area contributed by atoms with Crippen LogP contribution >= 0.6 is 12.4 Å². The van der Waals surface area contributed by atoms with Gasteiger partial charge in [0.25, 0.3) is 0 Å².